The number of aromatic nitrogens is 2. The van der Waals surface area contributed by atoms with Gasteiger partial charge in [0.25, 0.3) is 0 Å². The molecule has 0 atom stereocenters. The second kappa shape index (κ2) is 5.26. The van der Waals surface area contributed by atoms with Crippen LogP contribution in [0, 0.1) is 0 Å². The lowest BCUT2D eigenvalue weighted by molar-refractivity contribution is 0.694. The van der Waals surface area contributed by atoms with Gasteiger partial charge in [-0.1, -0.05) is 11.6 Å². The molecule has 0 saturated heterocycles. The van der Waals surface area contributed by atoms with Crippen LogP contribution in [-0.2, 0) is 0 Å². The Morgan fingerprint density at radius 1 is 1.27 bits per heavy atom. The van der Waals surface area contributed by atoms with E-state index in [1.807, 2.05) is 0 Å². The third-order valence-corrected chi connectivity index (χ3v) is 2.89. The van der Waals surface area contributed by atoms with Crippen molar-refractivity contribution in [1.82, 2.24) is 9.97 Å². The molecular weight excluding hydrogens is 254 g/mol. The van der Waals surface area contributed by atoms with Crippen molar-refractivity contribution in [3.05, 3.63) is 28.5 Å². The van der Waals surface area contributed by atoms with E-state index in [1.165, 1.54) is 31.3 Å². The molecule has 0 unspecified atom stereocenters. The summed E-state index contributed by atoms with van der Waals surface area (Å²) in [7, 11) is 0. The molecule has 3 nitrogen and oxygen atoms in total. The van der Waals surface area contributed by atoms with E-state index in [4.69, 9.17) is 0 Å². The van der Waals surface area contributed by atoms with Crippen LogP contribution in [0.2, 0.25) is 0 Å². The maximum Gasteiger partial charge on any atom is 0.222 e. The van der Waals surface area contributed by atoms with Gasteiger partial charge in [-0.15, -0.1) is 0 Å². The molecule has 0 radical (unpaired) electrons. The van der Waals surface area contributed by atoms with Crippen LogP contribution in [0.5, 0.6) is 0 Å². The smallest absolute Gasteiger partial charge is 0.222 e. The molecule has 0 spiro atoms. The van der Waals surface area contributed by atoms with Crippen LogP contribution < -0.4 is 5.32 Å². The van der Waals surface area contributed by atoms with Crippen LogP contribution in [0.25, 0.3) is 0 Å². The Balaban J connectivity index is 1.87. The van der Waals surface area contributed by atoms with Crippen LogP contribution in [0.3, 0.4) is 0 Å². The van der Waals surface area contributed by atoms with Gasteiger partial charge in [-0.25, -0.2) is 9.97 Å². The first kappa shape index (κ1) is 10.6. The van der Waals surface area contributed by atoms with Gasteiger partial charge >= 0.3 is 0 Å². The Kier molecular flexibility index (Phi) is 3.72. The quantitative estimate of drug-likeness (QED) is 0.856. The predicted octanol–water partition coefficient (Wildman–Crippen LogP) is 3.15. The van der Waals surface area contributed by atoms with E-state index in [0.29, 0.717) is 5.95 Å². The zero-order valence-corrected chi connectivity index (χ0v) is 10.1. The molecule has 1 aromatic heterocycles. The molecule has 1 N–H and O–H groups in total. The molecule has 15 heavy (non-hydrogen) atoms. The monoisotopic (exact) mass is 267 g/mol. The highest BCUT2D eigenvalue weighted by atomic mass is 79.9. The summed E-state index contributed by atoms with van der Waals surface area (Å²) in [5, 5.41) is 3.23. The van der Waals surface area contributed by atoms with Gasteiger partial charge in [-0.3, -0.25) is 0 Å². The van der Waals surface area contributed by atoms with Crippen molar-refractivity contribution in [2.45, 2.75) is 25.7 Å². The second-order valence-electron chi connectivity index (χ2n) is 3.69. The van der Waals surface area contributed by atoms with Crippen molar-refractivity contribution >= 4 is 21.9 Å². The van der Waals surface area contributed by atoms with Crippen molar-refractivity contribution in [3.8, 4) is 0 Å². The SMILES string of the molecule is Brc1cnc(NCC2=CCCCC2)nc1. The van der Waals surface area contributed by atoms with Crippen molar-refractivity contribution < 1.29 is 0 Å². The Hall–Kier alpha value is -0.900. The first-order valence-corrected chi connectivity index (χ1v) is 6.03. The standard InChI is InChI=1S/C11H14BrN3/c12-10-7-14-11(15-8-10)13-6-9-4-2-1-3-5-9/h4,7-8H,1-3,5-6H2,(H,13,14,15). The minimum absolute atomic E-state index is 0.699. The Morgan fingerprint density at radius 3 is 2.73 bits per heavy atom. The van der Waals surface area contributed by atoms with E-state index in [1.54, 1.807) is 12.4 Å². The van der Waals surface area contributed by atoms with Gasteiger partial charge in [0.1, 0.15) is 0 Å². The Morgan fingerprint density at radius 2 is 2.07 bits per heavy atom. The minimum Gasteiger partial charge on any atom is -0.350 e. The van der Waals surface area contributed by atoms with Gasteiger partial charge in [0.15, 0.2) is 0 Å². The predicted molar refractivity (Wildman–Crippen MR) is 64.8 cm³/mol. The highest BCUT2D eigenvalue weighted by Crippen LogP contribution is 2.17. The second-order valence-corrected chi connectivity index (χ2v) is 4.60. The van der Waals surface area contributed by atoms with E-state index in [2.05, 4.69) is 37.3 Å². The summed E-state index contributed by atoms with van der Waals surface area (Å²) in [5.41, 5.74) is 1.48. The maximum atomic E-state index is 4.17. The summed E-state index contributed by atoms with van der Waals surface area (Å²) < 4.78 is 0.907. The summed E-state index contributed by atoms with van der Waals surface area (Å²) in [6.45, 7) is 0.877. The summed E-state index contributed by atoms with van der Waals surface area (Å²) in [6, 6.07) is 0. The van der Waals surface area contributed by atoms with Gasteiger partial charge < -0.3 is 5.32 Å². The van der Waals surface area contributed by atoms with Crippen molar-refractivity contribution in [1.29, 1.82) is 0 Å². The molecule has 80 valence electrons. The normalized spacial score (nSPS) is 15.9. The van der Waals surface area contributed by atoms with Gasteiger partial charge in [-0.2, -0.15) is 0 Å². The van der Waals surface area contributed by atoms with Crippen molar-refractivity contribution in [3.63, 3.8) is 0 Å². The topological polar surface area (TPSA) is 37.8 Å². The molecular formula is C11H14BrN3. The molecule has 1 aliphatic carbocycles. The lowest BCUT2D eigenvalue weighted by Crippen LogP contribution is -2.09. The summed E-state index contributed by atoms with van der Waals surface area (Å²) in [5.74, 6) is 0.699. The van der Waals surface area contributed by atoms with Crippen molar-refractivity contribution in [2.24, 2.45) is 0 Å². The number of allylic oxidation sites excluding steroid dienone is 1. The zero-order valence-electron chi connectivity index (χ0n) is 8.54. The molecule has 0 bridgehead atoms. The summed E-state index contributed by atoms with van der Waals surface area (Å²) in [4.78, 5) is 8.33. The van der Waals surface area contributed by atoms with Crippen LogP contribution in [0.4, 0.5) is 5.95 Å². The molecule has 0 aliphatic heterocycles. The van der Waals surface area contributed by atoms with E-state index in [-0.39, 0.29) is 0 Å². The molecule has 0 fully saturated rings. The fourth-order valence-electron chi connectivity index (χ4n) is 1.66. The average Bonchev–Trinajstić information content (AvgIpc) is 2.30. The van der Waals surface area contributed by atoms with Crippen LogP contribution in [0.15, 0.2) is 28.5 Å². The third-order valence-electron chi connectivity index (χ3n) is 2.48. The fourth-order valence-corrected chi connectivity index (χ4v) is 1.87. The first-order valence-electron chi connectivity index (χ1n) is 5.24. The van der Waals surface area contributed by atoms with E-state index in [9.17, 15) is 0 Å². The highest BCUT2D eigenvalue weighted by Gasteiger charge is 2.03. The number of nitrogens with zero attached hydrogens (tertiary/aromatic N) is 2. The lowest BCUT2D eigenvalue weighted by atomic mass is 10.00. The number of halogens is 1. The number of nitrogens with one attached hydrogen (secondary N) is 1. The van der Waals surface area contributed by atoms with Crippen LogP contribution in [0.1, 0.15) is 25.7 Å². The van der Waals surface area contributed by atoms with Gasteiger partial charge in [0, 0.05) is 18.9 Å². The van der Waals surface area contributed by atoms with E-state index in [0.717, 1.165) is 11.0 Å². The number of anilines is 1. The van der Waals surface area contributed by atoms with E-state index < -0.39 is 0 Å². The van der Waals surface area contributed by atoms with Crippen molar-refractivity contribution in [2.75, 3.05) is 11.9 Å². The average molecular weight is 268 g/mol. The molecule has 2 rings (SSSR count). The molecule has 0 saturated carbocycles. The maximum absolute atomic E-state index is 4.17. The number of rotatable bonds is 3. The minimum atomic E-state index is 0.699. The fraction of sp³-hybridized carbons (Fsp3) is 0.455. The Bertz CT molecular complexity index is 345. The lowest BCUT2D eigenvalue weighted by Gasteiger charge is -2.13. The third kappa shape index (κ3) is 3.30. The van der Waals surface area contributed by atoms with Gasteiger partial charge in [0.05, 0.1) is 4.47 Å². The zero-order chi connectivity index (χ0) is 10.5. The Labute approximate surface area is 98.1 Å². The van der Waals surface area contributed by atoms with Crippen LogP contribution in [-0.4, -0.2) is 16.5 Å². The number of hydrogen-bond acceptors (Lipinski definition) is 3. The molecule has 1 aromatic rings. The summed E-state index contributed by atoms with van der Waals surface area (Å²) in [6.07, 6.45) is 10.9. The molecule has 1 heterocycles. The van der Waals surface area contributed by atoms with Gasteiger partial charge in [0.2, 0.25) is 5.95 Å². The number of hydrogen-bond donors (Lipinski definition) is 1. The molecule has 0 aromatic carbocycles. The van der Waals surface area contributed by atoms with Crippen LogP contribution >= 0.6 is 15.9 Å². The largest absolute Gasteiger partial charge is 0.350 e. The van der Waals surface area contributed by atoms with E-state index >= 15 is 0 Å². The molecule has 1 aliphatic rings. The van der Waals surface area contributed by atoms with Gasteiger partial charge in [-0.05, 0) is 41.6 Å². The molecule has 4 heteroatoms. The molecule has 0 amide bonds. The first-order chi connectivity index (χ1) is 7.34. The summed E-state index contributed by atoms with van der Waals surface area (Å²) >= 11 is 3.31. The highest BCUT2D eigenvalue weighted by molar-refractivity contribution is 9.10.